The molecule has 126 valence electrons. The SMILES string of the molecule is CN=C(NCCCc1nc(C)cs1)NCCc1nc(C)c(C)s1. The van der Waals surface area contributed by atoms with E-state index in [-0.39, 0.29) is 0 Å². The van der Waals surface area contributed by atoms with Gasteiger partial charge < -0.3 is 10.6 Å². The maximum absolute atomic E-state index is 4.56. The monoisotopic (exact) mass is 351 g/mol. The van der Waals surface area contributed by atoms with E-state index in [0.717, 1.165) is 49.7 Å². The van der Waals surface area contributed by atoms with Gasteiger partial charge in [0, 0.05) is 48.9 Å². The van der Waals surface area contributed by atoms with Gasteiger partial charge in [0.1, 0.15) is 0 Å². The van der Waals surface area contributed by atoms with E-state index >= 15 is 0 Å². The number of hydrogen-bond donors (Lipinski definition) is 2. The van der Waals surface area contributed by atoms with E-state index in [1.807, 2.05) is 6.92 Å². The minimum atomic E-state index is 0.845. The van der Waals surface area contributed by atoms with Crippen molar-refractivity contribution in [3.63, 3.8) is 0 Å². The number of nitrogens with one attached hydrogen (secondary N) is 2. The van der Waals surface area contributed by atoms with Crippen LogP contribution in [0.4, 0.5) is 0 Å². The molecule has 0 fully saturated rings. The van der Waals surface area contributed by atoms with Crippen LogP contribution in [0.2, 0.25) is 0 Å². The third-order valence-corrected chi connectivity index (χ3v) is 5.61. The Morgan fingerprint density at radius 3 is 2.48 bits per heavy atom. The first-order valence-electron chi connectivity index (χ1n) is 7.87. The highest BCUT2D eigenvalue weighted by molar-refractivity contribution is 7.11. The normalized spacial score (nSPS) is 11.7. The zero-order chi connectivity index (χ0) is 16.7. The van der Waals surface area contributed by atoms with Crippen LogP contribution in [-0.2, 0) is 12.8 Å². The van der Waals surface area contributed by atoms with E-state index in [0.29, 0.717) is 0 Å². The summed E-state index contributed by atoms with van der Waals surface area (Å²) in [6.07, 6.45) is 3.00. The first-order chi connectivity index (χ1) is 11.1. The molecule has 0 radical (unpaired) electrons. The van der Waals surface area contributed by atoms with Gasteiger partial charge in [-0.3, -0.25) is 4.99 Å². The lowest BCUT2D eigenvalue weighted by molar-refractivity contribution is 0.735. The molecule has 0 aliphatic carbocycles. The molecule has 0 aromatic carbocycles. The van der Waals surface area contributed by atoms with Crippen LogP contribution in [0.5, 0.6) is 0 Å². The van der Waals surface area contributed by atoms with Crippen LogP contribution in [0.25, 0.3) is 0 Å². The summed E-state index contributed by atoms with van der Waals surface area (Å²) >= 11 is 3.52. The van der Waals surface area contributed by atoms with Crippen LogP contribution in [0, 0.1) is 20.8 Å². The van der Waals surface area contributed by atoms with Crippen molar-refractivity contribution in [3.05, 3.63) is 31.7 Å². The Balaban J connectivity index is 1.63. The van der Waals surface area contributed by atoms with E-state index < -0.39 is 0 Å². The van der Waals surface area contributed by atoms with E-state index in [4.69, 9.17) is 0 Å². The zero-order valence-electron chi connectivity index (χ0n) is 14.3. The highest BCUT2D eigenvalue weighted by atomic mass is 32.1. The van der Waals surface area contributed by atoms with Gasteiger partial charge in [0.05, 0.1) is 15.7 Å². The lowest BCUT2D eigenvalue weighted by Gasteiger charge is -2.10. The third-order valence-electron chi connectivity index (χ3n) is 3.45. The van der Waals surface area contributed by atoms with Gasteiger partial charge in [-0.2, -0.15) is 0 Å². The number of aryl methyl sites for hydroxylation is 4. The van der Waals surface area contributed by atoms with Crippen molar-refractivity contribution in [2.24, 2.45) is 4.99 Å². The second-order valence-electron chi connectivity index (χ2n) is 5.41. The molecule has 0 bridgehead atoms. The van der Waals surface area contributed by atoms with Crippen molar-refractivity contribution in [1.29, 1.82) is 0 Å². The Labute approximate surface area is 146 Å². The molecular weight excluding hydrogens is 326 g/mol. The first-order valence-corrected chi connectivity index (χ1v) is 9.56. The second-order valence-corrected chi connectivity index (χ2v) is 7.64. The van der Waals surface area contributed by atoms with Crippen LogP contribution >= 0.6 is 22.7 Å². The predicted molar refractivity (Wildman–Crippen MR) is 99.8 cm³/mol. The molecule has 0 saturated heterocycles. The maximum atomic E-state index is 4.56. The number of thiazole rings is 2. The van der Waals surface area contributed by atoms with Crippen molar-refractivity contribution in [2.75, 3.05) is 20.1 Å². The third kappa shape index (κ3) is 5.91. The number of rotatable bonds is 7. The molecule has 2 N–H and O–H groups in total. The number of nitrogens with zero attached hydrogens (tertiary/aromatic N) is 3. The van der Waals surface area contributed by atoms with Gasteiger partial charge in [0.25, 0.3) is 0 Å². The average molecular weight is 352 g/mol. The highest BCUT2D eigenvalue weighted by Crippen LogP contribution is 2.16. The average Bonchev–Trinajstić information content (AvgIpc) is 3.07. The molecule has 0 unspecified atom stereocenters. The molecule has 2 aromatic heterocycles. The van der Waals surface area contributed by atoms with Gasteiger partial charge >= 0.3 is 0 Å². The molecule has 5 nitrogen and oxygen atoms in total. The summed E-state index contributed by atoms with van der Waals surface area (Å²) in [4.78, 5) is 14.6. The van der Waals surface area contributed by atoms with Crippen molar-refractivity contribution in [2.45, 2.75) is 40.0 Å². The summed E-state index contributed by atoms with van der Waals surface area (Å²) < 4.78 is 0. The molecule has 23 heavy (non-hydrogen) atoms. The molecule has 2 aromatic rings. The maximum Gasteiger partial charge on any atom is 0.190 e. The van der Waals surface area contributed by atoms with Crippen molar-refractivity contribution in [3.8, 4) is 0 Å². The Bertz CT molecular complexity index is 625. The van der Waals surface area contributed by atoms with Gasteiger partial charge in [0.15, 0.2) is 5.96 Å². The molecule has 2 heterocycles. The standard InChI is InChI=1S/C16H25N5S2/c1-11-10-22-14(20-11)6-5-8-18-16(17-4)19-9-7-15-21-12(2)13(3)23-15/h10H,5-9H2,1-4H3,(H2,17,18,19). The number of aromatic nitrogens is 2. The van der Waals surface area contributed by atoms with Crippen molar-refractivity contribution >= 4 is 28.6 Å². The van der Waals surface area contributed by atoms with Crippen LogP contribution in [0.1, 0.15) is 32.7 Å². The van der Waals surface area contributed by atoms with Crippen LogP contribution in [0.15, 0.2) is 10.4 Å². The summed E-state index contributed by atoms with van der Waals surface area (Å²) in [6.45, 7) is 7.96. The smallest absolute Gasteiger partial charge is 0.190 e. The van der Waals surface area contributed by atoms with Gasteiger partial charge in [-0.1, -0.05) is 0 Å². The predicted octanol–water partition coefficient (Wildman–Crippen LogP) is 2.87. The molecule has 0 saturated carbocycles. The first kappa shape index (κ1) is 17.9. The lowest BCUT2D eigenvalue weighted by Crippen LogP contribution is -2.38. The fraction of sp³-hybridized carbons (Fsp3) is 0.562. The molecule has 0 spiro atoms. The zero-order valence-corrected chi connectivity index (χ0v) is 15.9. The van der Waals surface area contributed by atoms with E-state index in [2.05, 4.69) is 44.8 Å². The number of guanidine groups is 1. The molecule has 0 aliphatic heterocycles. The van der Waals surface area contributed by atoms with Gasteiger partial charge in [-0.05, 0) is 27.2 Å². The van der Waals surface area contributed by atoms with Gasteiger partial charge in [-0.25, -0.2) is 9.97 Å². The van der Waals surface area contributed by atoms with Crippen molar-refractivity contribution in [1.82, 2.24) is 20.6 Å². The molecule has 0 aliphatic rings. The van der Waals surface area contributed by atoms with E-state index in [1.54, 1.807) is 29.7 Å². The Morgan fingerprint density at radius 1 is 1.09 bits per heavy atom. The quantitative estimate of drug-likeness (QED) is 0.457. The molecule has 0 amide bonds. The Hall–Kier alpha value is -1.47. The fourth-order valence-corrected chi connectivity index (χ4v) is 3.87. The summed E-state index contributed by atoms with van der Waals surface area (Å²) in [5, 5.41) is 11.2. The fourth-order valence-electron chi connectivity index (χ4n) is 2.12. The van der Waals surface area contributed by atoms with Crippen LogP contribution in [-0.4, -0.2) is 36.1 Å². The summed E-state index contributed by atoms with van der Waals surface area (Å²) in [6, 6.07) is 0. The summed E-state index contributed by atoms with van der Waals surface area (Å²) in [7, 11) is 1.80. The van der Waals surface area contributed by atoms with Crippen LogP contribution in [0.3, 0.4) is 0 Å². The van der Waals surface area contributed by atoms with Crippen LogP contribution < -0.4 is 10.6 Å². The summed E-state index contributed by atoms with van der Waals surface area (Å²) in [5.41, 5.74) is 2.26. The molecule has 2 rings (SSSR count). The lowest BCUT2D eigenvalue weighted by atomic mass is 10.3. The van der Waals surface area contributed by atoms with Gasteiger partial charge in [-0.15, -0.1) is 22.7 Å². The topological polar surface area (TPSA) is 62.2 Å². The van der Waals surface area contributed by atoms with E-state index in [1.165, 1.54) is 14.9 Å². The molecular formula is C16H25N5S2. The highest BCUT2D eigenvalue weighted by Gasteiger charge is 2.04. The van der Waals surface area contributed by atoms with Crippen molar-refractivity contribution < 1.29 is 0 Å². The molecule has 0 atom stereocenters. The second kappa shape index (κ2) is 8.98. The Kier molecular flexibility index (Phi) is 6.98. The number of aliphatic imine (C=N–C) groups is 1. The van der Waals surface area contributed by atoms with Gasteiger partial charge in [0.2, 0.25) is 0 Å². The number of hydrogen-bond acceptors (Lipinski definition) is 5. The minimum absolute atomic E-state index is 0.845. The Morgan fingerprint density at radius 2 is 1.87 bits per heavy atom. The largest absolute Gasteiger partial charge is 0.356 e. The minimum Gasteiger partial charge on any atom is -0.356 e. The van der Waals surface area contributed by atoms with E-state index in [9.17, 15) is 0 Å². The molecule has 7 heteroatoms. The summed E-state index contributed by atoms with van der Waals surface area (Å²) in [5.74, 6) is 0.852.